The summed E-state index contributed by atoms with van der Waals surface area (Å²) in [5.74, 6) is 0.313. The molecule has 2 rings (SSSR count). The molecule has 1 aromatic heterocycles. The molecular weight excluding hydrogens is 268 g/mol. The Morgan fingerprint density at radius 1 is 1.15 bits per heavy atom. The third kappa shape index (κ3) is 2.78. The van der Waals surface area contributed by atoms with E-state index in [-0.39, 0.29) is 16.9 Å². The van der Waals surface area contributed by atoms with Gasteiger partial charge in [-0.1, -0.05) is 20.8 Å². The van der Waals surface area contributed by atoms with Crippen molar-refractivity contribution in [1.82, 2.24) is 0 Å². The summed E-state index contributed by atoms with van der Waals surface area (Å²) in [4.78, 5) is 13.3. The Hall–Kier alpha value is -1.61. The second-order valence-corrected chi connectivity index (χ2v) is 7.17. The van der Waals surface area contributed by atoms with Gasteiger partial charge in [-0.25, -0.2) is 0 Å². The number of carbonyl (C=O) groups is 1. The maximum absolute atomic E-state index is 12.5. The average Bonchev–Trinajstić information content (AvgIpc) is 2.76. The van der Waals surface area contributed by atoms with E-state index in [2.05, 4.69) is 0 Å². The maximum Gasteiger partial charge on any atom is 0.202 e. The molecule has 0 atom stereocenters. The van der Waals surface area contributed by atoms with Gasteiger partial charge in [-0.3, -0.25) is 4.79 Å². The zero-order chi connectivity index (χ0) is 15.1. The molecular formula is C17H20O2S. The number of aromatic hydroxyl groups is 1. The molecule has 0 aliphatic heterocycles. The summed E-state index contributed by atoms with van der Waals surface area (Å²) in [5, 5.41) is 12.2. The van der Waals surface area contributed by atoms with Gasteiger partial charge in [-0.05, 0) is 54.0 Å². The number of ketones is 1. The van der Waals surface area contributed by atoms with Gasteiger partial charge in [0.2, 0.25) is 5.78 Å². The summed E-state index contributed by atoms with van der Waals surface area (Å²) in [5.41, 5.74) is 3.11. The van der Waals surface area contributed by atoms with Crippen LogP contribution in [0.25, 0.3) is 0 Å². The zero-order valence-electron chi connectivity index (χ0n) is 12.6. The summed E-state index contributed by atoms with van der Waals surface area (Å²) >= 11 is 1.46. The Kier molecular flexibility index (Phi) is 3.74. The van der Waals surface area contributed by atoms with Gasteiger partial charge in [0, 0.05) is 11.1 Å². The normalized spacial score (nSPS) is 11.7. The van der Waals surface area contributed by atoms with Gasteiger partial charge in [0.25, 0.3) is 0 Å². The van der Waals surface area contributed by atoms with Crippen LogP contribution < -0.4 is 0 Å². The van der Waals surface area contributed by atoms with E-state index in [1.54, 1.807) is 6.07 Å². The number of phenolic OH excluding ortho intramolecular Hbond substituents is 1. The van der Waals surface area contributed by atoms with Crippen molar-refractivity contribution >= 4 is 17.1 Å². The van der Waals surface area contributed by atoms with E-state index in [0.717, 1.165) is 21.6 Å². The highest BCUT2D eigenvalue weighted by molar-refractivity contribution is 7.12. The van der Waals surface area contributed by atoms with E-state index in [1.807, 2.05) is 52.1 Å². The smallest absolute Gasteiger partial charge is 0.202 e. The molecule has 3 heteroatoms. The maximum atomic E-state index is 12.5. The zero-order valence-corrected chi connectivity index (χ0v) is 13.4. The predicted octanol–water partition coefficient (Wildman–Crippen LogP) is 4.60. The van der Waals surface area contributed by atoms with Gasteiger partial charge in [-0.2, -0.15) is 0 Å². The predicted molar refractivity (Wildman–Crippen MR) is 84.0 cm³/mol. The van der Waals surface area contributed by atoms with Gasteiger partial charge < -0.3 is 5.11 Å². The largest absolute Gasteiger partial charge is 0.507 e. The molecule has 2 nitrogen and oxygen atoms in total. The van der Waals surface area contributed by atoms with E-state index >= 15 is 0 Å². The minimum absolute atomic E-state index is 0.0247. The van der Waals surface area contributed by atoms with Crippen molar-refractivity contribution in [2.45, 2.75) is 40.0 Å². The minimum Gasteiger partial charge on any atom is -0.507 e. The quantitative estimate of drug-likeness (QED) is 0.820. The molecule has 20 heavy (non-hydrogen) atoms. The molecule has 0 radical (unpaired) electrons. The molecule has 0 amide bonds. The molecule has 1 heterocycles. The summed E-state index contributed by atoms with van der Waals surface area (Å²) in [7, 11) is 0. The summed E-state index contributed by atoms with van der Waals surface area (Å²) in [6.07, 6.45) is 0. The Morgan fingerprint density at radius 3 is 2.30 bits per heavy atom. The van der Waals surface area contributed by atoms with Crippen LogP contribution in [0.2, 0.25) is 0 Å². The van der Waals surface area contributed by atoms with Crippen LogP contribution in [0.3, 0.4) is 0 Å². The lowest BCUT2D eigenvalue weighted by atomic mass is 9.83. The molecule has 0 saturated carbocycles. The van der Waals surface area contributed by atoms with Crippen LogP contribution in [0.15, 0.2) is 23.6 Å². The van der Waals surface area contributed by atoms with Gasteiger partial charge in [-0.15, -0.1) is 11.3 Å². The Morgan fingerprint density at radius 2 is 1.80 bits per heavy atom. The molecule has 0 spiro atoms. The van der Waals surface area contributed by atoms with E-state index < -0.39 is 0 Å². The lowest BCUT2D eigenvalue weighted by Gasteiger charge is -2.22. The monoisotopic (exact) mass is 288 g/mol. The highest BCUT2D eigenvalue weighted by Gasteiger charge is 2.22. The first-order chi connectivity index (χ1) is 9.20. The van der Waals surface area contributed by atoms with Crippen molar-refractivity contribution in [2.24, 2.45) is 0 Å². The highest BCUT2D eigenvalue weighted by atomic mass is 32.1. The minimum atomic E-state index is -0.198. The molecule has 106 valence electrons. The molecule has 0 aliphatic carbocycles. The SMILES string of the molecule is Cc1csc(C(=O)c2cc(C)c(O)c(C(C)(C)C)c2)c1. The third-order valence-electron chi connectivity index (χ3n) is 3.33. The van der Waals surface area contributed by atoms with Crippen LogP contribution in [-0.2, 0) is 5.41 Å². The van der Waals surface area contributed by atoms with Gasteiger partial charge in [0.15, 0.2) is 0 Å². The molecule has 0 bridgehead atoms. The number of thiophene rings is 1. The molecule has 0 unspecified atom stereocenters. The van der Waals surface area contributed by atoms with Gasteiger partial charge >= 0.3 is 0 Å². The summed E-state index contributed by atoms with van der Waals surface area (Å²) < 4.78 is 0. The van der Waals surface area contributed by atoms with Crippen LogP contribution in [0.4, 0.5) is 0 Å². The lowest BCUT2D eigenvalue weighted by Crippen LogP contribution is -2.13. The van der Waals surface area contributed by atoms with Gasteiger partial charge in [0.1, 0.15) is 5.75 Å². The summed E-state index contributed by atoms with van der Waals surface area (Å²) in [6, 6.07) is 5.49. The molecule has 2 aromatic rings. The first kappa shape index (κ1) is 14.8. The fourth-order valence-corrected chi connectivity index (χ4v) is 3.03. The number of aryl methyl sites for hydroxylation is 2. The first-order valence-corrected chi connectivity index (χ1v) is 7.52. The van der Waals surface area contributed by atoms with Crippen molar-refractivity contribution in [1.29, 1.82) is 0 Å². The molecule has 1 aromatic carbocycles. The number of hydrogen-bond donors (Lipinski definition) is 1. The van der Waals surface area contributed by atoms with E-state index in [1.165, 1.54) is 11.3 Å². The number of carbonyl (C=O) groups excluding carboxylic acids is 1. The van der Waals surface area contributed by atoms with Crippen molar-refractivity contribution in [3.63, 3.8) is 0 Å². The summed E-state index contributed by atoms with van der Waals surface area (Å²) in [6.45, 7) is 9.91. The Labute approximate surface area is 124 Å². The van der Waals surface area contributed by atoms with Crippen LogP contribution in [0.1, 0.15) is 52.7 Å². The second kappa shape index (κ2) is 5.06. The number of hydrogen-bond acceptors (Lipinski definition) is 3. The molecule has 1 N–H and O–H groups in total. The van der Waals surface area contributed by atoms with Crippen LogP contribution >= 0.6 is 11.3 Å². The van der Waals surface area contributed by atoms with Crippen LogP contribution in [-0.4, -0.2) is 10.9 Å². The third-order valence-corrected chi connectivity index (χ3v) is 4.37. The van der Waals surface area contributed by atoms with E-state index in [9.17, 15) is 9.90 Å². The van der Waals surface area contributed by atoms with Crippen molar-refractivity contribution in [3.05, 3.63) is 50.7 Å². The number of phenols is 1. The molecule has 0 saturated heterocycles. The van der Waals surface area contributed by atoms with Crippen molar-refractivity contribution in [3.8, 4) is 5.75 Å². The highest BCUT2D eigenvalue weighted by Crippen LogP contribution is 2.34. The van der Waals surface area contributed by atoms with E-state index in [0.29, 0.717) is 5.56 Å². The topological polar surface area (TPSA) is 37.3 Å². The Bertz CT molecular complexity index is 660. The van der Waals surface area contributed by atoms with Gasteiger partial charge in [0.05, 0.1) is 4.88 Å². The van der Waals surface area contributed by atoms with E-state index in [4.69, 9.17) is 0 Å². The second-order valence-electron chi connectivity index (χ2n) is 6.26. The fraction of sp³-hybridized carbons (Fsp3) is 0.353. The number of rotatable bonds is 2. The standard InChI is InChI=1S/C17H20O2S/c1-10-6-14(20-9-10)16(19)12-7-11(2)15(18)13(8-12)17(3,4)5/h6-9,18H,1-5H3. The lowest BCUT2D eigenvalue weighted by molar-refractivity contribution is 0.104. The number of benzene rings is 1. The fourth-order valence-electron chi connectivity index (χ4n) is 2.17. The van der Waals surface area contributed by atoms with Crippen molar-refractivity contribution < 1.29 is 9.90 Å². The van der Waals surface area contributed by atoms with Crippen LogP contribution in [0, 0.1) is 13.8 Å². The average molecular weight is 288 g/mol. The molecule has 0 fully saturated rings. The Balaban J connectivity index is 2.53. The van der Waals surface area contributed by atoms with Crippen molar-refractivity contribution in [2.75, 3.05) is 0 Å². The first-order valence-electron chi connectivity index (χ1n) is 6.64. The van der Waals surface area contributed by atoms with Crippen LogP contribution in [0.5, 0.6) is 5.75 Å². The molecule has 0 aliphatic rings.